The summed E-state index contributed by atoms with van der Waals surface area (Å²) in [6.45, 7) is 1.27. The molecule has 0 unspecified atom stereocenters. The van der Waals surface area contributed by atoms with Crippen LogP contribution in [0.5, 0.6) is 0 Å². The minimum absolute atomic E-state index is 0.139. The van der Waals surface area contributed by atoms with Gasteiger partial charge in [0.05, 0.1) is 24.7 Å². The first-order chi connectivity index (χ1) is 6.75. The fourth-order valence-corrected chi connectivity index (χ4v) is 1.14. The molecule has 0 atom stereocenters. The standard InChI is InChI=1S/C10H7ClFNO/c11-10-3-9(12)8(4-13-10)2-1-7-5-14-6-7/h3-4,7H,5-6H2. The van der Waals surface area contributed by atoms with Crippen molar-refractivity contribution in [1.29, 1.82) is 0 Å². The van der Waals surface area contributed by atoms with Crippen LogP contribution in [-0.2, 0) is 4.74 Å². The summed E-state index contributed by atoms with van der Waals surface area (Å²) in [6, 6.07) is 1.16. The Morgan fingerprint density at radius 2 is 2.36 bits per heavy atom. The number of aromatic nitrogens is 1. The summed E-state index contributed by atoms with van der Waals surface area (Å²) >= 11 is 5.50. The second kappa shape index (κ2) is 3.95. The van der Waals surface area contributed by atoms with Gasteiger partial charge in [0.2, 0.25) is 0 Å². The molecule has 0 saturated carbocycles. The Morgan fingerprint density at radius 3 is 2.93 bits per heavy atom. The molecule has 72 valence electrons. The highest BCUT2D eigenvalue weighted by atomic mass is 35.5. The second-order valence-corrected chi connectivity index (χ2v) is 3.38. The molecule has 2 heterocycles. The molecule has 0 N–H and O–H groups in total. The molecule has 1 aliphatic heterocycles. The topological polar surface area (TPSA) is 22.1 Å². The smallest absolute Gasteiger partial charge is 0.143 e. The van der Waals surface area contributed by atoms with Gasteiger partial charge in [-0.2, -0.15) is 0 Å². The Kier molecular flexibility index (Phi) is 2.67. The number of ether oxygens (including phenoxy) is 1. The highest BCUT2D eigenvalue weighted by Gasteiger charge is 2.14. The van der Waals surface area contributed by atoms with E-state index >= 15 is 0 Å². The number of halogens is 2. The van der Waals surface area contributed by atoms with Crippen molar-refractivity contribution >= 4 is 11.6 Å². The average molecular weight is 212 g/mol. The lowest BCUT2D eigenvalue weighted by Crippen LogP contribution is -2.25. The molecule has 1 fully saturated rings. The second-order valence-electron chi connectivity index (χ2n) is 2.99. The molecule has 2 nitrogen and oxygen atoms in total. The van der Waals surface area contributed by atoms with E-state index in [-0.39, 0.29) is 16.6 Å². The molecule has 0 radical (unpaired) electrons. The lowest BCUT2D eigenvalue weighted by Gasteiger charge is -2.19. The normalized spacial score (nSPS) is 15.6. The summed E-state index contributed by atoms with van der Waals surface area (Å²) in [5, 5.41) is 0.139. The van der Waals surface area contributed by atoms with Gasteiger partial charge < -0.3 is 4.74 Å². The van der Waals surface area contributed by atoms with Crippen molar-refractivity contribution in [3.05, 3.63) is 28.8 Å². The van der Waals surface area contributed by atoms with Gasteiger partial charge in [-0.15, -0.1) is 0 Å². The monoisotopic (exact) mass is 211 g/mol. The maximum absolute atomic E-state index is 13.2. The first kappa shape index (κ1) is 9.45. The number of rotatable bonds is 0. The maximum atomic E-state index is 13.2. The van der Waals surface area contributed by atoms with Crippen LogP contribution in [-0.4, -0.2) is 18.2 Å². The zero-order chi connectivity index (χ0) is 9.97. The van der Waals surface area contributed by atoms with E-state index in [9.17, 15) is 4.39 Å². The Hall–Kier alpha value is -1.11. The highest BCUT2D eigenvalue weighted by molar-refractivity contribution is 6.29. The summed E-state index contributed by atoms with van der Waals surface area (Å²) < 4.78 is 18.1. The van der Waals surface area contributed by atoms with Gasteiger partial charge in [-0.05, 0) is 0 Å². The highest BCUT2D eigenvalue weighted by Crippen LogP contribution is 2.12. The lowest BCUT2D eigenvalue weighted by atomic mass is 10.1. The average Bonchev–Trinajstić information content (AvgIpc) is 2.05. The van der Waals surface area contributed by atoms with E-state index in [2.05, 4.69) is 16.8 Å². The van der Waals surface area contributed by atoms with Crippen LogP contribution in [0.3, 0.4) is 0 Å². The third-order valence-corrected chi connectivity index (χ3v) is 2.08. The molecule has 0 aliphatic carbocycles. The van der Waals surface area contributed by atoms with Crippen LogP contribution in [0, 0.1) is 23.6 Å². The zero-order valence-electron chi connectivity index (χ0n) is 7.26. The molecule has 1 aromatic rings. The summed E-state index contributed by atoms with van der Waals surface area (Å²) in [5.41, 5.74) is 0.279. The summed E-state index contributed by atoms with van der Waals surface area (Å²) in [5.74, 6) is 5.41. The van der Waals surface area contributed by atoms with Crippen molar-refractivity contribution in [3.8, 4) is 11.8 Å². The molecule has 1 saturated heterocycles. The fraction of sp³-hybridized carbons (Fsp3) is 0.300. The molecule has 2 rings (SSSR count). The van der Waals surface area contributed by atoms with E-state index < -0.39 is 5.82 Å². The summed E-state index contributed by atoms with van der Waals surface area (Å²) in [6.07, 6.45) is 1.34. The first-order valence-electron chi connectivity index (χ1n) is 4.16. The van der Waals surface area contributed by atoms with Crippen LogP contribution in [0.1, 0.15) is 5.56 Å². The summed E-state index contributed by atoms with van der Waals surface area (Å²) in [4.78, 5) is 3.75. The first-order valence-corrected chi connectivity index (χ1v) is 4.54. The van der Waals surface area contributed by atoms with E-state index in [1.165, 1.54) is 6.20 Å². The predicted octanol–water partition coefficient (Wildman–Crippen LogP) is 1.87. The molecule has 4 heteroatoms. The molecule has 14 heavy (non-hydrogen) atoms. The van der Waals surface area contributed by atoms with Gasteiger partial charge >= 0.3 is 0 Å². The van der Waals surface area contributed by atoms with Crippen LogP contribution in [0.15, 0.2) is 12.3 Å². The third-order valence-electron chi connectivity index (χ3n) is 1.87. The van der Waals surface area contributed by atoms with Crippen molar-refractivity contribution < 1.29 is 9.13 Å². The van der Waals surface area contributed by atoms with E-state index in [1.54, 1.807) is 0 Å². The predicted molar refractivity (Wildman–Crippen MR) is 50.4 cm³/mol. The van der Waals surface area contributed by atoms with Crippen LogP contribution in [0.2, 0.25) is 5.15 Å². The van der Waals surface area contributed by atoms with E-state index in [0.717, 1.165) is 6.07 Å². The SMILES string of the molecule is Fc1cc(Cl)ncc1C#CC1COC1. The van der Waals surface area contributed by atoms with Gasteiger partial charge in [-0.25, -0.2) is 9.37 Å². The van der Waals surface area contributed by atoms with Crippen LogP contribution in [0.4, 0.5) is 4.39 Å². The quantitative estimate of drug-likeness (QED) is 0.483. The van der Waals surface area contributed by atoms with Crippen molar-refractivity contribution in [2.75, 3.05) is 13.2 Å². The largest absolute Gasteiger partial charge is 0.379 e. The fourth-order valence-electron chi connectivity index (χ4n) is 0.998. The van der Waals surface area contributed by atoms with Gasteiger partial charge in [0.1, 0.15) is 11.0 Å². The molecule has 0 spiro atoms. The van der Waals surface area contributed by atoms with Gasteiger partial charge in [0.25, 0.3) is 0 Å². The van der Waals surface area contributed by atoms with Gasteiger partial charge in [0, 0.05) is 12.3 Å². The number of nitrogens with zero attached hydrogens (tertiary/aromatic N) is 1. The van der Waals surface area contributed by atoms with Gasteiger partial charge in [0.15, 0.2) is 0 Å². The molecular formula is C10H7ClFNO. The number of hydrogen-bond donors (Lipinski definition) is 0. The number of hydrogen-bond acceptors (Lipinski definition) is 2. The van der Waals surface area contributed by atoms with Crippen molar-refractivity contribution in [2.24, 2.45) is 5.92 Å². The molecule has 0 aromatic carbocycles. The minimum atomic E-state index is -0.433. The van der Waals surface area contributed by atoms with E-state index in [0.29, 0.717) is 13.2 Å². The van der Waals surface area contributed by atoms with E-state index in [1.807, 2.05) is 0 Å². The van der Waals surface area contributed by atoms with Crippen LogP contribution >= 0.6 is 11.6 Å². The molecule has 0 amide bonds. The van der Waals surface area contributed by atoms with Gasteiger partial charge in [-0.3, -0.25) is 0 Å². The minimum Gasteiger partial charge on any atom is -0.379 e. The van der Waals surface area contributed by atoms with Crippen molar-refractivity contribution in [1.82, 2.24) is 4.98 Å². The zero-order valence-corrected chi connectivity index (χ0v) is 8.01. The lowest BCUT2D eigenvalue weighted by molar-refractivity contribution is -0.00301. The van der Waals surface area contributed by atoms with Gasteiger partial charge in [-0.1, -0.05) is 23.4 Å². The van der Waals surface area contributed by atoms with Crippen LogP contribution < -0.4 is 0 Å². The van der Waals surface area contributed by atoms with Crippen molar-refractivity contribution in [2.45, 2.75) is 0 Å². The molecule has 1 aliphatic rings. The molecule has 0 bridgehead atoms. The Morgan fingerprint density at radius 1 is 1.57 bits per heavy atom. The number of pyridine rings is 1. The molecular weight excluding hydrogens is 205 g/mol. The van der Waals surface area contributed by atoms with E-state index in [4.69, 9.17) is 16.3 Å². The summed E-state index contributed by atoms with van der Waals surface area (Å²) in [7, 11) is 0. The third kappa shape index (κ3) is 2.03. The van der Waals surface area contributed by atoms with Crippen molar-refractivity contribution in [3.63, 3.8) is 0 Å². The Labute approximate surface area is 86.1 Å². The Bertz CT molecular complexity index is 406. The Balaban J connectivity index is 2.18. The maximum Gasteiger partial charge on any atom is 0.143 e. The molecule has 1 aromatic heterocycles. The van der Waals surface area contributed by atoms with Crippen LogP contribution in [0.25, 0.3) is 0 Å².